The average molecular weight is 840 g/mol. The summed E-state index contributed by atoms with van der Waals surface area (Å²) < 4.78 is 17.2. The standard InChI is InChI=1S/C31H47N5O11.C8H18N2O2/c1-17(2)11-25(38)34-22(7-6-10-33-31(32)44)28(41)35-21-9-8-19(16-45-30(43)18(3)4)12-23(21)46-27-14-20(37)13-24(47-27)29(42)36(5)15-26(39)40;1-6(2)10-7(8(9)12)4-3-5-11/h8-9,12,17-18,20,22,24,27,37H,6-7,10-11,13-16H2,1-5H3,(H,34,38)(H,35,41)(H,39,40)(H3,32,33,44);6-7,10-11H,3-5H2,1-2H3,(H2,9,12). The number of ether oxygens (including phenoxy) is 3. The van der Waals surface area contributed by atoms with Crippen LogP contribution in [0, 0.1) is 11.8 Å². The highest BCUT2D eigenvalue weighted by Crippen LogP contribution is 2.31. The highest BCUT2D eigenvalue weighted by Gasteiger charge is 2.36. The zero-order valence-corrected chi connectivity index (χ0v) is 35.2. The number of nitrogens with one attached hydrogen (secondary N) is 4. The lowest BCUT2D eigenvalue weighted by molar-refractivity contribution is -0.190. The summed E-state index contributed by atoms with van der Waals surface area (Å²) in [7, 11) is 1.30. The Morgan fingerprint density at radius 3 is 2.19 bits per heavy atom. The number of nitrogens with two attached hydrogens (primary N) is 2. The van der Waals surface area contributed by atoms with E-state index in [4.69, 9.17) is 35.9 Å². The fourth-order valence-electron chi connectivity index (χ4n) is 5.58. The summed E-state index contributed by atoms with van der Waals surface area (Å²) in [6.45, 7) is 10.6. The van der Waals surface area contributed by atoms with Crippen molar-refractivity contribution in [3.63, 3.8) is 0 Å². The number of carboxylic acid groups (broad SMARTS) is 1. The van der Waals surface area contributed by atoms with Gasteiger partial charge in [0.1, 0.15) is 31.0 Å². The first-order valence-corrected chi connectivity index (χ1v) is 19.7. The summed E-state index contributed by atoms with van der Waals surface area (Å²) in [6.07, 6.45) is -1.65. The van der Waals surface area contributed by atoms with E-state index >= 15 is 0 Å². The smallest absolute Gasteiger partial charge is 0.323 e. The van der Waals surface area contributed by atoms with Gasteiger partial charge in [0.2, 0.25) is 24.0 Å². The van der Waals surface area contributed by atoms with Crippen LogP contribution in [0.2, 0.25) is 0 Å². The molecule has 0 aliphatic carbocycles. The van der Waals surface area contributed by atoms with Gasteiger partial charge in [0.25, 0.3) is 5.91 Å². The third-order valence-electron chi connectivity index (χ3n) is 8.45. The Bertz CT molecular complexity index is 1540. The number of likely N-dealkylation sites (N-methyl/N-ethyl adjacent to an activating group) is 1. The summed E-state index contributed by atoms with van der Waals surface area (Å²) in [5.74, 6) is -3.85. The first-order valence-electron chi connectivity index (χ1n) is 19.7. The van der Waals surface area contributed by atoms with Gasteiger partial charge in [-0.1, -0.05) is 47.6 Å². The Kier molecular flexibility index (Phi) is 23.7. The molecule has 1 saturated heterocycles. The molecule has 2 rings (SSSR count). The van der Waals surface area contributed by atoms with Gasteiger partial charge in [-0.15, -0.1) is 0 Å². The Hall–Kier alpha value is -5.05. The van der Waals surface area contributed by atoms with Crippen molar-refractivity contribution in [1.82, 2.24) is 20.9 Å². The maximum atomic E-state index is 13.5. The van der Waals surface area contributed by atoms with Crippen LogP contribution in [0.15, 0.2) is 18.2 Å². The molecule has 0 radical (unpaired) electrons. The quantitative estimate of drug-likeness (QED) is 0.0542. The lowest BCUT2D eigenvalue weighted by Gasteiger charge is -2.34. The van der Waals surface area contributed by atoms with Gasteiger partial charge in [0.15, 0.2) is 0 Å². The topological polar surface area (TPSA) is 311 Å². The number of rotatable bonds is 23. The Balaban J connectivity index is 0.00000125. The molecule has 20 heteroatoms. The van der Waals surface area contributed by atoms with Gasteiger partial charge >= 0.3 is 18.0 Å². The molecule has 1 heterocycles. The second kappa shape index (κ2) is 26.9. The van der Waals surface area contributed by atoms with Crippen LogP contribution in [0.4, 0.5) is 10.5 Å². The number of carbonyl (C=O) groups is 7. The van der Waals surface area contributed by atoms with E-state index in [-0.39, 0.29) is 92.6 Å². The monoisotopic (exact) mass is 839 g/mol. The molecule has 1 aliphatic heterocycles. The van der Waals surface area contributed by atoms with E-state index in [9.17, 15) is 38.7 Å². The number of hydrogen-bond donors (Lipinski definition) is 9. The predicted molar refractivity (Wildman–Crippen MR) is 215 cm³/mol. The van der Waals surface area contributed by atoms with Gasteiger partial charge in [-0.05, 0) is 49.3 Å². The van der Waals surface area contributed by atoms with Crippen molar-refractivity contribution >= 4 is 47.3 Å². The number of hydrogen-bond acceptors (Lipinski definition) is 13. The minimum Gasteiger partial charge on any atom is -0.480 e. The number of carboxylic acids is 1. The number of primary amides is 2. The summed E-state index contributed by atoms with van der Waals surface area (Å²) in [5.41, 5.74) is 10.9. The van der Waals surface area contributed by atoms with Crippen molar-refractivity contribution in [2.45, 2.75) is 130 Å². The highest BCUT2D eigenvalue weighted by molar-refractivity contribution is 5.98. The molecule has 1 aliphatic rings. The molecular weight excluding hydrogens is 774 g/mol. The minimum atomic E-state index is -1.22. The third-order valence-corrected chi connectivity index (χ3v) is 8.45. The number of benzene rings is 1. The van der Waals surface area contributed by atoms with Crippen molar-refractivity contribution in [2.75, 3.05) is 32.1 Å². The first-order chi connectivity index (χ1) is 27.6. The molecule has 0 saturated carbocycles. The van der Waals surface area contributed by atoms with Crippen LogP contribution in [0.1, 0.15) is 92.1 Å². The molecule has 0 bridgehead atoms. The number of nitrogens with zero attached hydrogens (tertiary/aromatic N) is 1. The van der Waals surface area contributed by atoms with E-state index in [0.29, 0.717) is 24.8 Å². The van der Waals surface area contributed by atoms with Crippen molar-refractivity contribution in [3.8, 4) is 5.75 Å². The number of aliphatic hydroxyl groups is 2. The molecule has 1 aromatic rings. The van der Waals surface area contributed by atoms with E-state index < -0.39 is 60.9 Å². The maximum Gasteiger partial charge on any atom is 0.323 e. The van der Waals surface area contributed by atoms with Gasteiger partial charge in [-0.25, -0.2) is 4.79 Å². The summed E-state index contributed by atoms with van der Waals surface area (Å²) >= 11 is 0. The molecule has 1 fully saturated rings. The Labute approximate surface area is 345 Å². The lowest BCUT2D eigenvalue weighted by atomic mass is 10.0. The lowest BCUT2D eigenvalue weighted by Crippen LogP contribution is -2.48. The van der Waals surface area contributed by atoms with Crippen molar-refractivity contribution in [1.29, 1.82) is 0 Å². The number of urea groups is 1. The number of carbonyl (C=O) groups excluding carboxylic acids is 6. The van der Waals surface area contributed by atoms with Gasteiger partial charge in [-0.3, -0.25) is 28.8 Å². The number of aliphatic hydroxyl groups excluding tert-OH is 2. The van der Waals surface area contributed by atoms with E-state index in [1.807, 2.05) is 27.7 Å². The van der Waals surface area contributed by atoms with Crippen molar-refractivity contribution in [3.05, 3.63) is 23.8 Å². The zero-order chi connectivity index (χ0) is 44.8. The maximum absolute atomic E-state index is 13.5. The summed E-state index contributed by atoms with van der Waals surface area (Å²) in [6, 6.07) is 2.83. The van der Waals surface area contributed by atoms with Gasteiger partial charge < -0.3 is 67.2 Å². The third kappa shape index (κ3) is 21.5. The Morgan fingerprint density at radius 2 is 1.63 bits per heavy atom. The molecule has 20 nitrogen and oxygen atoms in total. The first kappa shape index (κ1) is 52.0. The number of esters is 1. The van der Waals surface area contributed by atoms with E-state index in [1.165, 1.54) is 19.2 Å². The molecule has 1 aromatic carbocycles. The van der Waals surface area contributed by atoms with Crippen LogP contribution in [0.3, 0.4) is 0 Å². The van der Waals surface area contributed by atoms with Crippen LogP contribution in [-0.2, 0) is 44.8 Å². The SMILES string of the molecule is CC(C)CC(=O)NC(CCCNC(N)=O)C(=O)Nc1ccc(COC(=O)C(C)C)cc1OC1CC(O)CC(C(=O)N(C)CC(=O)O)O1.CC(C)NC(CCCO)C(N)=O. The molecule has 0 aromatic heterocycles. The van der Waals surface area contributed by atoms with Gasteiger partial charge in [-0.2, -0.15) is 0 Å². The molecule has 59 heavy (non-hydrogen) atoms. The van der Waals surface area contributed by atoms with Crippen LogP contribution >= 0.6 is 0 Å². The second-order valence-electron chi connectivity index (χ2n) is 15.3. The van der Waals surface area contributed by atoms with E-state index in [1.54, 1.807) is 19.9 Å². The van der Waals surface area contributed by atoms with Crippen LogP contribution < -0.4 is 37.5 Å². The predicted octanol–water partition coefficient (Wildman–Crippen LogP) is 0.702. The van der Waals surface area contributed by atoms with Gasteiger partial charge in [0.05, 0.1) is 23.8 Å². The normalized spacial score (nSPS) is 17.2. The van der Waals surface area contributed by atoms with Crippen LogP contribution in [0.25, 0.3) is 0 Å². The summed E-state index contributed by atoms with van der Waals surface area (Å²) in [4.78, 5) is 84.9. The average Bonchev–Trinajstić information content (AvgIpc) is 3.13. The molecule has 5 atom stereocenters. The van der Waals surface area contributed by atoms with Crippen LogP contribution in [0.5, 0.6) is 5.75 Å². The van der Waals surface area contributed by atoms with Crippen LogP contribution in [-0.4, -0.2) is 125 Å². The number of anilines is 1. The molecule has 334 valence electrons. The van der Waals surface area contributed by atoms with Crippen molar-refractivity contribution in [2.24, 2.45) is 23.3 Å². The van der Waals surface area contributed by atoms with E-state index in [2.05, 4.69) is 21.3 Å². The van der Waals surface area contributed by atoms with E-state index in [0.717, 1.165) is 4.90 Å². The number of amides is 6. The van der Waals surface area contributed by atoms with Crippen molar-refractivity contribution < 1.29 is 63.1 Å². The molecular formula is C39H65N7O13. The highest BCUT2D eigenvalue weighted by atomic mass is 16.7. The molecule has 11 N–H and O–H groups in total. The van der Waals surface area contributed by atoms with Gasteiger partial charge in [0, 0.05) is 45.5 Å². The molecule has 0 spiro atoms. The zero-order valence-electron chi connectivity index (χ0n) is 35.2. The minimum absolute atomic E-state index is 0.0399. The fraction of sp³-hybridized carbons (Fsp3) is 0.667. The Morgan fingerprint density at radius 1 is 0.966 bits per heavy atom. The molecule has 6 amide bonds. The second-order valence-corrected chi connectivity index (χ2v) is 15.3. The molecule has 5 unspecified atom stereocenters. The largest absolute Gasteiger partial charge is 0.480 e. The number of aliphatic carboxylic acids is 1. The fourth-order valence-corrected chi connectivity index (χ4v) is 5.58. The summed E-state index contributed by atoms with van der Waals surface area (Å²) in [5, 5.41) is 39.1.